The second-order valence-corrected chi connectivity index (χ2v) is 7.30. The minimum Gasteiger partial charge on any atom is -0.545 e. The van der Waals surface area contributed by atoms with E-state index < -0.39 is 5.97 Å². The van der Waals surface area contributed by atoms with Gasteiger partial charge in [-0.15, -0.1) is 0 Å². The van der Waals surface area contributed by atoms with Gasteiger partial charge in [-0.2, -0.15) is 0 Å². The van der Waals surface area contributed by atoms with Gasteiger partial charge in [0, 0.05) is 0 Å². The number of unbranched alkanes of at least 4 members (excludes halogenated alkanes) is 16. The van der Waals surface area contributed by atoms with Gasteiger partial charge in [0.2, 0.25) is 0 Å². The van der Waals surface area contributed by atoms with Crippen LogP contribution in [0.1, 0.15) is 122 Å². The average Bonchev–Trinajstić information content (AvgIpc) is 2.57. The number of aliphatic carboxylic acids is 1. The number of hydrogen-bond donors (Lipinski definition) is 0. The highest BCUT2D eigenvalue weighted by Crippen LogP contribution is 2.14. The molecule has 0 aliphatic carbocycles. The van der Waals surface area contributed by atoms with E-state index in [1.54, 1.807) is 0 Å². The van der Waals surface area contributed by atoms with Crippen molar-refractivity contribution >= 4 is 5.97 Å². The van der Waals surface area contributed by atoms with Gasteiger partial charge in [-0.05, 0) is 18.4 Å². The smallest absolute Gasteiger partial charge is 0.0668 e. The SMILES string of the molecule is C=C(CCCCCCCCCCCCCCCCCCC)C(=O)[O-]. The van der Waals surface area contributed by atoms with Crippen molar-refractivity contribution in [2.24, 2.45) is 0 Å². The number of carboxylic acid groups (broad SMARTS) is 1. The summed E-state index contributed by atoms with van der Waals surface area (Å²) >= 11 is 0. The van der Waals surface area contributed by atoms with E-state index in [-0.39, 0.29) is 5.57 Å². The Bertz CT molecular complexity index is 296. The molecule has 0 bridgehead atoms. The molecule has 0 unspecified atom stereocenters. The van der Waals surface area contributed by atoms with Crippen LogP contribution in [0.3, 0.4) is 0 Å². The predicted octanol–water partition coefficient (Wildman–Crippen LogP) is 6.33. The maximum atomic E-state index is 10.5. The molecule has 0 N–H and O–H groups in total. The van der Waals surface area contributed by atoms with Gasteiger partial charge in [-0.3, -0.25) is 0 Å². The Hall–Kier alpha value is -0.790. The summed E-state index contributed by atoms with van der Waals surface area (Å²) < 4.78 is 0. The molecule has 0 aromatic heterocycles. The topological polar surface area (TPSA) is 40.1 Å². The fourth-order valence-electron chi connectivity index (χ4n) is 3.17. The number of carbonyl (C=O) groups is 1. The Kier molecular flexibility index (Phi) is 17.9. The van der Waals surface area contributed by atoms with Crippen LogP contribution in [0.25, 0.3) is 0 Å². The van der Waals surface area contributed by atoms with E-state index in [4.69, 9.17) is 0 Å². The predicted molar refractivity (Wildman–Crippen MR) is 103 cm³/mol. The summed E-state index contributed by atoms with van der Waals surface area (Å²) in [5, 5.41) is 10.5. The largest absolute Gasteiger partial charge is 0.545 e. The van der Waals surface area contributed by atoms with Crippen LogP contribution in [0.2, 0.25) is 0 Å². The third-order valence-corrected chi connectivity index (χ3v) is 4.87. The molecule has 2 heteroatoms. The summed E-state index contributed by atoms with van der Waals surface area (Å²) in [5.41, 5.74) is 0.246. The lowest BCUT2D eigenvalue weighted by Crippen LogP contribution is -2.23. The van der Waals surface area contributed by atoms with Gasteiger partial charge in [0.25, 0.3) is 0 Å². The minimum absolute atomic E-state index is 0.246. The first-order chi connectivity index (χ1) is 11.7. The zero-order valence-corrected chi connectivity index (χ0v) is 16.3. The van der Waals surface area contributed by atoms with Crippen LogP contribution in [0.5, 0.6) is 0 Å². The minimum atomic E-state index is -1.09. The Morgan fingerprint density at radius 1 is 0.625 bits per heavy atom. The third kappa shape index (κ3) is 17.6. The Morgan fingerprint density at radius 2 is 0.917 bits per heavy atom. The van der Waals surface area contributed by atoms with Crippen molar-refractivity contribution in [2.75, 3.05) is 0 Å². The molecular formula is C22H41O2-. The first-order valence-electron chi connectivity index (χ1n) is 10.6. The molecule has 0 amide bonds. The molecule has 0 heterocycles. The molecule has 0 aliphatic heterocycles. The van der Waals surface area contributed by atoms with Gasteiger partial charge in [0.1, 0.15) is 0 Å². The van der Waals surface area contributed by atoms with Crippen molar-refractivity contribution in [3.63, 3.8) is 0 Å². The van der Waals surface area contributed by atoms with Crippen molar-refractivity contribution in [1.29, 1.82) is 0 Å². The van der Waals surface area contributed by atoms with Crippen LogP contribution in [-0.4, -0.2) is 5.97 Å². The summed E-state index contributed by atoms with van der Waals surface area (Å²) in [7, 11) is 0. The first kappa shape index (κ1) is 23.2. The number of rotatable bonds is 19. The fourth-order valence-corrected chi connectivity index (χ4v) is 3.17. The van der Waals surface area contributed by atoms with Gasteiger partial charge in [0.05, 0.1) is 5.97 Å². The van der Waals surface area contributed by atoms with Crippen LogP contribution in [0.4, 0.5) is 0 Å². The zero-order chi connectivity index (χ0) is 17.9. The lowest BCUT2D eigenvalue weighted by atomic mass is 10.0. The second-order valence-electron chi connectivity index (χ2n) is 7.30. The Balaban J connectivity index is 3.05. The van der Waals surface area contributed by atoms with E-state index in [0.717, 1.165) is 12.8 Å². The van der Waals surface area contributed by atoms with Gasteiger partial charge < -0.3 is 9.90 Å². The molecular weight excluding hydrogens is 296 g/mol. The van der Waals surface area contributed by atoms with Crippen LogP contribution in [0.15, 0.2) is 12.2 Å². The van der Waals surface area contributed by atoms with E-state index in [1.165, 1.54) is 96.3 Å². The quantitative estimate of drug-likeness (QED) is 0.204. The normalized spacial score (nSPS) is 10.9. The van der Waals surface area contributed by atoms with Gasteiger partial charge in [-0.1, -0.05) is 116 Å². The molecule has 0 atom stereocenters. The Morgan fingerprint density at radius 3 is 1.21 bits per heavy atom. The Labute approximate surface area is 151 Å². The summed E-state index contributed by atoms with van der Waals surface area (Å²) in [4.78, 5) is 10.5. The zero-order valence-electron chi connectivity index (χ0n) is 16.3. The van der Waals surface area contributed by atoms with Crippen molar-refractivity contribution < 1.29 is 9.90 Å². The first-order valence-corrected chi connectivity index (χ1v) is 10.6. The second kappa shape index (κ2) is 18.5. The molecule has 0 aromatic rings. The van der Waals surface area contributed by atoms with Crippen LogP contribution in [-0.2, 0) is 4.79 Å². The van der Waals surface area contributed by atoms with E-state index in [2.05, 4.69) is 13.5 Å². The monoisotopic (exact) mass is 337 g/mol. The van der Waals surface area contributed by atoms with Gasteiger partial charge >= 0.3 is 0 Å². The maximum Gasteiger partial charge on any atom is 0.0668 e. The fraction of sp³-hybridized carbons (Fsp3) is 0.864. The highest BCUT2D eigenvalue weighted by molar-refractivity contribution is 5.83. The lowest BCUT2D eigenvalue weighted by Gasteiger charge is -2.06. The highest BCUT2D eigenvalue weighted by Gasteiger charge is 1.97. The van der Waals surface area contributed by atoms with Gasteiger partial charge in [-0.25, -0.2) is 0 Å². The van der Waals surface area contributed by atoms with E-state index >= 15 is 0 Å². The van der Waals surface area contributed by atoms with Gasteiger partial charge in [0.15, 0.2) is 0 Å². The standard InChI is InChI=1S/C22H42O2/c1-3-4-5-6-7-8-9-10-11-12-13-14-15-16-17-18-19-20-21(2)22(23)24/h2-20H2,1H3,(H,23,24)/p-1. The third-order valence-electron chi connectivity index (χ3n) is 4.87. The lowest BCUT2D eigenvalue weighted by molar-refractivity contribution is -0.299. The van der Waals surface area contributed by atoms with Crippen molar-refractivity contribution in [1.82, 2.24) is 0 Å². The van der Waals surface area contributed by atoms with Crippen LogP contribution >= 0.6 is 0 Å². The van der Waals surface area contributed by atoms with E-state index in [0.29, 0.717) is 6.42 Å². The van der Waals surface area contributed by atoms with E-state index in [1.807, 2.05) is 0 Å². The molecule has 0 aliphatic rings. The van der Waals surface area contributed by atoms with Crippen molar-refractivity contribution in [3.8, 4) is 0 Å². The molecule has 0 fully saturated rings. The summed E-state index contributed by atoms with van der Waals surface area (Å²) in [5.74, 6) is -1.09. The molecule has 24 heavy (non-hydrogen) atoms. The molecule has 0 rings (SSSR count). The summed E-state index contributed by atoms with van der Waals surface area (Å²) in [6, 6.07) is 0. The van der Waals surface area contributed by atoms with Crippen LogP contribution in [0, 0.1) is 0 Å². The number of hydrogen-bond acceptors (Lipinski definition) is 2. The average molecular weight is 338 g/mol. The molecule has 0 spiro atoms. The molecule has 0 saturated carbocycles. The molecule has 142 valence electrons. The van der Waals surface area contributed by atoms with E-state index in [9.17, 15) is 9.90 Å². The maximum absolute atomic E-state index is 10.5. The highest BCUT2D eigenvalue weighted by atomic mass is 16.4. The molecule has 0 radical (unpaired) electrons. The number of carbonyl (C=O) groups excluding carboxylic acids is 1. The van der Waals surface area contributed by atoms with Crippen molar-refractivity contribution in [3.05, 3.63) is 12.2 Å². The molecule has 0 saturated heterocycles. The summed E-state index contributed by atoms with van der Waals surface area (Å²) in [6.07, 6.45) is 23.4. The van der Waals surface area contributed by atoms with Crippen molar-refractivity contribution in [2.45, 2.75) is 122 Å². The number of carboxylic acids is 1. The van der Waals surface area contributed by atoms with Crippen LogP contribution < -0.4 is 5.11 Å². The summed E-state index contributed by atoms with van der Waals surface area (Å²) in [6.45, 7) is 5.78. The molecule has 0 aromatic carbocycles. The molecule has 2 nitrogen and oxygen atoms in total.